The average molecular weight is 238 g/mol. The van der Waals surface area contributed by atoms with Crippen molar-refractivity contribution in [2.75, 3.05) is 6.61 Å². The maximum absolute atomic E-state index is 10.5. The van der Waals surface area contributed by atoms with Crippen LogP contribution in [0, 0.1) is 0 Å². The zero-order chi connectivity index (χ0) is 11.5. The van der Waals surface area contributed by atoms with Gasteiger partial charge in [0.1, 0.15) is 12.6 Å². The summed E-state index contributed by atoms with van der Waals surface area (Å²) in [4.78, 5) is 14.6. The molecule has 0 fully saturated rings. The third-order valence-electron chi connectivity index (χ3n) is 2.06. The third-order valence-corrected chi connectivity index (χ3v) is 2.94. The van der Waals surface area contributed by atoms with Crippen molar-refractivity contribution in [3.05, 3.63) is 23.7 Å². The largest absolute Gasteiger partial charge is 0.480 e. The van der Waals surface area contributed by atoms with E-state index in [1.807, 2.05) is 17.5 Å². The van der Waals surface area contributed by atoms with Gasteiger partial charge in [0, 0.05) is 10.9 Å². The predicted octanol–water partition coefficient (Wildman–Crippen LogP) is 1.09. The average Bonchev–Trinajstić information content (AvgIpc) is 2.73. The van der Waals surface area contributed by atoms with Gasteiger partial charge in [-0.3, -0.25) is 4.79 Å². The number of ether oxygens (including phenoxy) is 1. The van der Waals surface area contributed by atoms with Crippen LogP contribution in [0.4, 0.5) is 0 Å². The fourth-order valence-corrected chi connectivity index (χ4v) is 2.00. The van der Waals surface area contributed by atoms with Crippen LogP contribution in [0.2, 0.25) is 0 Å². The van der Waals surface area contributed by atoms with E-state index in [-0.39, 0.29) is 6.61 Å². The molecule has 2 rings (SSSR count). The van der Waals surface area contributed by atoms with Crippen molar-refractivity contribution in [1.82, 2.24) is 4.98 Å². The van der Waals surface area contributed by atoms with Gasteiger partial charge in [-0.2, -0.15) is 0 Å². The fraction of sp³-hybridized carbons (Fsp3) is 0.200. The van der Waals surface area contributed by atoms with Crippen LogP contribution < -0.4 is 10.5 Å². The number of nitrogens with two attached hydrogens (primary N) is 1. The Bertz CT molecular complexity index is 511. The van der Waals surface area contributed by atoms with Gasteiger partial charge in [-0.1, -0.05) is 0 Å². The Kier molecular flexibility index (Phi) is 3.02. The van der Waals surface area contributed by atoms with Crippen molar-refractivity contribution >= 4 is 27.4 Å². The van der Waals surface area contributed by atoms with E-state index in [0.29, 0.717) is 5.88 Å². The molecule has 0 aliphatic rings. The quantitative estimate of drug-likeness (QED) is 0.832. The number of carboxylic acid groups (broad SMARTS) is 1. The summed E-state index contributed by atoms with van der Waals surface area (Å²) >= 11 is 1.57. The lowest BCUT2D eigenvalue weighted by atomic mass is 10.3. The maximum Gasteiger partial charge on any atom is 0.324 e. The van der Waals surface area contributed by atoms with E-state index < -0.39 is 12.0 Å². The number of aliphatic carboxylic acids is 1. The molecule has 3 N–H and O–H groups in total. The van der Waals surface area contributed by atoms with Crippen molar-refractivity contribution in [2.45, 2.75) is 6.04 Å². The lowest BCUT2D eigenvalue weighted by molar-refractivity contribution is -0.139. The number of hydrogen-bond donors (Lipinski definition) is 2. The van der Waals surface area contributed by atoms with Crippen molar-refractivity contribution in [2.24, 2.45) is 5.73 Å². The van der Waals surface area contributed by atoms with Crippen LogP contribution in [0.15, 0.2) is 23.7 Å². The first kappa shape index (κ1) is 10.8. The highest BCUT2D eigenvalue weighted by molar-refractivity contribution is 7.17. The standard InChI is InChI=1S/C10H10N2O3S/c11-7(10(13)14)5-15-9-6-2-4-16-8(6)1-3-12-9/h1-4,7H,5,11H2,(H,13,14). The zero-order valence-corrected chi connectivity index (χ0v) is 9.11. The fourth-order valence-electron chi connectivity index (χ4n) is 1.22. The highest BCUT2D eigenvalue weighted by atomic mass is 32.1. The molecule has 5 nitrogen and oxygen atoms in total. The highest BCUT2D eigenvalue weighted by Gasteiger charge is 2.13. The molecule has 0 aliphatic carbocycles. The summed E-state index contributed by atoms with van der Waals surface area (Å²) in [6.07, 6.45) is 1.63. The Morgan fingerprint density at radius 2 is 2.44 bits per heavy atom. The Morgan fingerprint density at radius 3 is 3.19 bits per heavy atom. The molecule has 1 unspecified atom stereocenters. The second-order valence-electron chi connectivity index (χ2n) is 3.20. The van der Waals surface area contributed by atoms with Crippen LogP contribution in [-0.2, 0) is 4.79 Å². The third kappa shape index (κ3) is 2.12. The minimum Gasteiger partial charge on any atom is -0.480 e. The van der Waals surface area contributed by atoms with Gasteiger partial charge in [0.05, 0.1) is 5.39 Å². The summed E-state index contributed by atoms with van der Waals surface area (Å²) < 4.78 is 6.34. The number of nitrogens with zero attached hydrogens (tertiary/aromatic N) is 1. The van der Waals surface area contributed by atoms with E-state index in [2.05, 4.69) is 4.98 Å². The van der Waals surface area contributed by atoms with Gasteiger partial charge < -0.3 is 15.6 Å². The monoisotopic (exact) mass is 238 g/mol. The van der Waals surface area contributed by atoms with E-state index in [1.54, 1.807) is 17.5 Å². The van der Waals surface area contributed by atoms with E-state index in [4.69, 9.17) is 15.6 Å². The molecule has 0 saturated carbocycles. The lowest BCUT2D eigenvalue weighted by Gasteiger charge is -2.08. The number of carbonyl (C=O) groups is 1. The molecule has 2 heterocycles. The van der Waals surface area contributed by atoms with E-state index in [1.165, 1.54) is 0 Å². The summed E-state index contributed by atoms with van der Waals surface area (Å²) in [5.74, 6) is -0.659. The Hall–Kier alpha value is -1.66. The smallest absolute Gasteiger partial charge is 0.324 e. The van der Waals surface area contributed by atoms with Gasteiger partial charge in [0.2, 0.25) is 5.88 Å². The molecule has 0 amide bonds. The number of rotatable bonds is 4. The zero-order valence-electron chi connectivity index (χ0n) is 8.29. The SMILES string of the molecule is NC(COc1nccc2sccc12)C(=O)O. The number of pyridine rings is 1. The van der Waals surface area contributed by atoms with Gasteiger partial charge >= 0.3 is 5.97 Å². The van der Waals surface area contributed by atoms with Crippen molar-refractivity contribution in [1.29, 1.82) is 0 Å². The lowest BCUT2D eigenvalue weighted by Crippen LogP contribution is -2.36. The Balaban J connectivity index is 2.15. The predicted molar refractivity (Wildman–Crippen MR) is 60.7 cm³/mol. The molecular formula is C10H10N2O3S. The molecule has 2 aromatic rings. The van der Waals surface area contributed by atoms with Crippen LogP contribution >= 0.6 is 11.3 Å². The molecule has 84 valence electrons. The first-order chi connectivity index (χ1) is 7.68. The van der Waals surface area contributed by atoms with Crippen LogP contribution in [-0.4, -0.2) is 28.7 Å². The van der Waals surface area contributed by atoms with Gasteiger partial charge in [-0.25, -0.2) is 4.98 Å². The molecule has 16 heavy (non-hydrogen) atoms. The molecule has 1 atom stereocenters. The van der Waals surface area contributed by atoms with Gasteiger partial charge in [-0.05, 0) is 17.5 Å². The summed E-state index contributed by atoms with van der Waals surface area (Å²) in [5, 5.41) is 11.4. The topological polar surface area (TPSA) is 85.4 Å². The van der Waals surface area contributed by atoms with Crippen LogP contribution in [0.5, 0.6) is 5.88 Å². The van der Waals surface area contributed by atoms with Crippen molar-refractivity contribution < 1.29 is 14.6 Å². The summed E-state index contributed by atoms with van der Waals surface area (Å²) in [7, 11) is 0. The molecular weight excluding hydrogens is 228 g/mol. The number of fused-ring (bicyclic) bond motifs is 1. The van der Waals surface area contributed by atoms with Crippen molar-refractivity contribution in [3.63, 3.8) is 0 Å². The normalized spacial score (nSPS) is 12.6. The number of aromatic nitrogens is 1. The second kappa shape index (κ2) is 4.46. The molecule has 0 aromatic carbocycles. The molecule has 0 radical (unpaired) electrons. The first-order valence-electron chi connectivity index (χ1n) is 4.62. The minimum absolute atomic E-state index is 0.0860. The summed E-state index contributed by atoms with van der Waals surface area (Å²) in [6, 6.07) is 2.73. The molecule has 0 aliphatic heterocycles. The van der Waals surface area contributed by atoms with Gasteiger partial charge in [-0.15, -0.1) is 11.3 Å². The molecule has 0 saturated heterocycles. The van der Waals surface area contributed by atoms with E-state index in [9.17, 15) is 4.79 Å². The van der Waals surface area contributed by atoms with Crippen LogP contribution in [0.25, 0.3) is 10.1 Å². The Labute approximate surface area is 95.5 Å². The Morgan fingerprint density at radius 1 is 1.62 bits per heavy atom. The van der Waals surface area contributed by atoms with Gasteiger partial charge in [0.25, 0.3) is 0 Å². The highest BCUT2D eigenvalue weighted by Crippen LogP contribution is 2.27. The van der Waals surface area contributed by atoms with E-state index in [0.717, 1.165) is 10.1 Å². The molecule has 2 aromatic heterocycles. The van der Waals surface area contributed by atoms with Crippen LogP contribution in [0.1, 0.15) is 0 Å². The second-order valence-corrected chi connectivity index (χ2v) is 4.15. The number of thiophene rings is 1. The van der Waals surface area contributed by atoms with Crippen molar-refractivity contribution in [3.8, 4) is 5.88 Å². The summed E-state index contributed by atoms with van der Waals surface area (Å²) in [5.41, 5.74) is 5.33. The molecule has 0 bridgehead atoms. The van der Waals surface area contributed by atoms with E-state index >= 15 is 0 Å². The number of carboxylic acids is 1. The number of hydrogen-bond acceptors (Lipinski definition) is 5. The first-order valence-corrected chi connectivity index (χ1v) is 5.50. The summed E-state index contributed by atoms with van der Waals surface area (Å²) in [6.45, 7) is -0.0860. The maximum atomic E-state index is 10.5. The molecule has 6 heteroatoms. The van der Waals surface area contributed by atoms with Gasteiger partial charge in [0.15, 0.2) is 0 Å². The minimum atomic E-state index is -1.09. The van der Waals surface area contributed by atoms with Crippen LogP contribution in [0.3, 0.4) is 0 Å². The molecule has 0 spiro atoms.